The number of thioether (sulfide) groups is 1. The number of anilines is 1. The Balaban J connectivity index is 1.60. The molecule has 3 rings (SSSR count). The normalized spacial score (nSPS) is 10.5. The molecule has 3 aromatic rings. The van der Waals surface area contributed by atoms with Crippen LogP contribution >= 0.6 is 11.8 Å². The van der Waals surface area contributed by atoms with Gasteiger partial charge < -0.3 is 5.32 Å². The highest BCUT2D eigenvalue weighted by Crippen LogP contribution is 2.22. The van der Waals surface area contributed by atoms with Gasteiger partial charge in [-0.25, -0.2) is 8.78 Å². The first-order valence-electron chi connectivity index (χ1n) is 7.39. The smallest absolute Gasteiger partial charge is 0.256 e. The van der Waals surface area contributed by atoms with Crippen molar-refractivity contribution in [2.75, 3.05) is 5.32 Å². The van der Waals surface area contributed by atoms with Gasteiger partial charge in [0.15, 0.2) is 5.82 Å². The fraction of sp³-hybridized carbons (Fsp3) is 0.0556. The van der Waals surface area contributed by atoms with Gasteiger partial charge in [-0.15, -0.1) is 10.2 Å². The highest BCUT2D eigenvalue weighted by atomic mass is 32.2. The van der Waals surface area contributed by atoms with Crippen LogP contribution in [-0.4, -0.2) is 16.1 Å². The SMILES string of the molecule is O=C(Nc1ccc(SCc2ccccc2F)nn1)c1cccc(F)c1. The summed E-state index contributed by atoms with van der Waals surface area (Å²) in [6.45, 7) is 0. The summed E-state index contributed by atoms with van der Waals surface area (Å²) in [6, 6.07) is 15.2. The fourth-order valence-electron chi connectivity index (χ4n) is 2.05. The Hall–Kier alpha value is -2.80. The molecular weight excluding hydrogens is 344 g/mol. The molecule has 0 unspecified atom stereocenters. The van der Waals surface area contributed by atoms with Gasteiger partial charge in [0.25, 0.3) is 5.91 Å². The third kappa shape index (κ3) is 4.60. The molecule has 0 radical (unpaired) electrons. The van der Waals surface area contributed by atoms with Crippen molar-refractivity contribution in [3.63, 3.8) is 0 Å². The standard InChI is InChI=1S/C18H13F2N3OS/c19-14-6-3-5-12(10-14)18(24)21-16-8-9-17(23-22-16)25-11-13-4-1-2-7-15(13)20/h1-10H,11H2,(H,21,22,24). The highest BCUT2D eigenvalue weighted by Gasteiger charge is 2.09. The molecule has 126 valence electrons. The lowest BCUT2D eigenvalue weighted by Gasteiger charge is -2.05. The predicted molar refractivity (Wildman–Crippen MR) is 92.3 cm³/mol. The van der Waals surface area contributed by atoms with E-state index >= 15 is 0 Å². The number of nitrogens with zero attached hydrogens (tertiary/aromatic N) is 2. The minimum absolute atomic E-state index is 0.194. The topological polar surface area (TPSA) is 54.9 Å². The van der Waals surface area contributed by atoms with Crippen LogP contribution in [0.4, 0.5) is 14.6 Å². The van der Waals surface area contributed by atoms with Crippen LogP contribution < -0.4 is 5.32 Å². The summed E-state index contributed by atoms with van der Waals surface area (Å²) in [5.41, 5.74) is 0.776. The van der Waals surface area contributed by atoms with E-state index in [0.29, 0.717) is 16.3 Å². The molecule has 0 aliphatic rings. The Morgan fingerprint density at radius 1 is 1.00 bits per heavy atom. The van der Waals surface area contributed by atoms with Crippen molar-refractivity contribution >= 4 is 23.5 Å². The van der Waals surface area contributed by atoms with E-state index in [1.807, 2.05) is 0 Å². The average molecular weight is 357 g/mol. The Morgan fingerprint density at radius 2 is 1.84 bits per heavy atom. The van der Waals surface area contributed by atoms with Crippen LogP contribution in [0, 0.1) is 11.6 Å². The molecule has 0 saturated heterocycles. The van der Waals surface area contributed by atoms with E-state index in [2.05, 4.69) is 15.5 Å². The van der Waals surface area contributed by atoms with E-state index in [1.54, 1.807) is 30.3 Å². The summed E-state index contributed by atoms with van der Waals surface area (Å²) in [4.78, 5) is 12.0. The maximum Gasteiger partial charge on any atom is 0.256 e. The lowest BCUT2D eigenvalue weighted by atomic mass is 10.2. The number of amides is 1. The maximum atomic E-state index is 13.6. The average Bonchev–Trinajstić information content (AvgIpc) is 2.62. The van der Waals surface area contributed by atoms with Crippen LogP contribution in [0.3, 0.4) is 0 Å². The van der Waals surface area contributed by atoms with Gasteiger partial charge >= 0.3 is 0 Å². The van der Waals surface area contributed by atoms with E-state index in [0.717, 1.165) is 6.07 Å². The molecule has 25 heavy (non-hydrogen) atoms. The first-order chi connectivity index (χ1) is 12.1. The van der Waals surface area contributed by atoms with Gasteiger partial charge in [0.1, 0.15) is 16.7 Å². The zero-order chi connectivity index (χ0) is 17.6. The molecule has 1 heterocycles. The molecule has 0 fully saturated rings. The van der Waals surface area contributed by atoms with Crippen molar-refractivity contribution in [3.8, 4) is 0 Å². The summed E-state index contributed by atoms with van der Waals surface area (Å²) in [5, 5.41) is 11.1. The molecule has 4 nitrogen and oxygen atoms in total. The first-order valence-corrected chi connectivity index (χ1v) is 8.37. The van der Waals surface area contributed by atoms with Crippen LogP contribution in [0.25, 0.3) is 0 Å². The van der Waals surface area contributed by atoms with Crippen molar-refractivity contribution in [2.45, 2.75) is 10.8 Å². The second-order valence-corrected chi connectivity index (χ2v) is 6.10. The van der Waals surface area contributed by atoms with E-state index in [9.17, 15) is 13.6 Å². The number of carbonyl (C=O) groups is 1. The summed E-state index contributed by atoms with van der Waals surface area (Å²) in [6.07, 6.45) is 0. The zero-order valence-electron chi connectivity index (χ0n) is 12.9. The van der Waals surface area contributed by atoms with E-state index in [1.165, 1.54) is 36.0 Å². The molecule has 0 spiro atoms. The lowest BCUT2D eigenvalue weighted by Crippen LogP contribution is -2.13. The third-order valence-electron chi connectivity index (χ3n) is 3.30. The highest BCUT2D eigenvalue weighted by molar-refractivity contribution is 7.98. The van der Waals surface area contributed by atoms with Gasteiger partial charge in [-0.05, 0) is 42.0 Å². The minimum atomic E-state index is -0.487. The monoisotopic (exact) mass is 357 g/mol. The Kier molecular flexibility index (Phi) is 5.35. The number of aromatic nitrogens is 2. The van der Waals surface area contributed by atoms with Gasteiger partial charge in [-0.2, -0.15) is 0 Å². The second kappa shape index (κ2) is 7.85. The molecule has 0 bridgehead atoms. The third-order valence-corrected chi connectivity index (χ3v) is 4.27. The second-order valence-electron chi connectivity index (χ2n) is 5.10. The molecule has 0 atom stereocenters. The fourth-order valence-corrected chi connectivity index (χ4v) is 2.85. The van der Waals surface area contributed by atoms with Crippen LogP contribution in [-0.2, 0) is 5.75 Å². The molecule has 1 aromatic heterocycles. The van der Waals surface area contributed by atoms with Crippen molar-refractivity contribution in [3.05, 3.63) is 83.4 Å². The van der Waals surface area contributed by atoms with Crippen molar-refractivity contribution in [2.24, 2.45) is 0 Å². The number of nitrogens with one attached hydrogen (secondary N) is 1. The van der Waals surface area contributed by atoms with E-state index < -0.39 is 11.7 Å². The summed E-state index contributed by atoms with van der Waals surface area (Å²) in [5.74, 6) is -0.540. The van der Waals surface area contributed by atoms with Crippen molar-refractivity contribution in [1.29, 1.82) is 0 Å². The molecule has 1 amide bonds. The lowest BCUT2D eigenvalue weighted by molar-refractivity contribution is 0.102. The molecule has 2 aromatic carbocycles. The Labute approximate surface area is 147 Å². The zero-order valence-corrected chi connectivity index (χ0v) is 13.8. The van der Waals surface area contributed by atoms with Gasteiger partial charge in [0.2, 0.25) is 0 Å². The van der Waals surface area contributed by atoms with Crippen LogP contribution in [0.5, 0.6) is 0 Å². The molecule has 1 N–H and O–H groups in total. The minimum Gasteiger partial charge on any atom is -0.305 e. The largest absolute Gasteiger partial charge is 0.305 e. The number of rotatable bonds is 5. The van der Waals surface area contributed by atoms with Crippen LogP contribution in [0.1, 0.15) is 15.9 Å². The molecule has 7 heteroatoms. The number of halogens is 2. The Morgan fingerprint density at radius 3 is 2.56 bits per heavy atom. The van der Waals surface area contributed by atoms with Crippen molar-refractivity contribution in [1.82, 2.24) is 10.2 Å². The van der Waals surface area contributed by atoms with Gasteiger partial charge in [-0.3, -0.25) is 4.79 Å². The van der Waals surface area contributed by atoms with Crippen molar-refractivity contribution < 1.29 is 13.6 Å². The van der Waals surface area contributed by atoms with Gasteiger partial charge in [0, 0.05) is 11.3 Å². The van der Waals surface area contributed by atoms with Crippen LogP contribution in [0.2, 0.25) is 0 Å². The number of carbonyl (C=O) groups excluding carboxylic acids is 1. The van der Waals surface area contributed by atoms with E-state index in [-0.39, 0.29) is 17.2 Å². The molecule has 0 aliphatic heterocycles. The van der Waals surface area contributed by atoms with Gasteiger partial charge in [-0.1, -0.05) is 36.0 Å². The molecule has 0 saturated carbocycles. The maximum absolute atomic E-state index is 13.6. The Bertz CT molecular complexity index is 887. The molecule has 0 aliphatic carbocycles. The van der Waals surface area contributed by atoms with Crippen LogP contribution in [0.15, 0.2) is 65.7 Å². The number of hydrogen-bond donors (Lipinski definition) is 1. The van der Waals surface area contributed by atoms with E-state index in [4.69, 9.17) is 0 Å². The molecular formula is C18H13F2N3OS. The number of benzene rings is 2. The first kappa shape index (κ1) is 17.0. The predicted octanol–water partition coefficient (Wildman–Crippen LogP) is 4.30. The summed E-state index contributed by atoms with van der Waals surface area (Å²) in [7, 11) is 0. The quantitative estimate of drug-likeness (QED) is 0.692. The number of hydrogen-bond acceptors (Lipinski definition) is 4. The summed E-state index contributed by atoms with van der Waals surface area (Å²) >= 11 is 1.34. The summed E-state index contributed by atoms with van der Waals surface area (Å²) < 4.78 is 26.7. The van der Waals surface area contributed by atoms with Gasteiger partial charge in [0.05, 0.1) is 0 Å².